The van der Waals surface area contributed by atoms with Crippen LogP contribution in [0.2, 0.25) is 0 Å². The number of ether oxygens (including phenoxy) is 1. The Kier molecular flexibility index (Phi) is 3.95. The molecule has 4 heteroatoms. The molecule has 2 heterocycles. The first-order chi connectivity index (χ1) is 7.66. The summed E-state index contributed by atoms with van der Waals surface area (Å²) in [7, 11) is 0. The van der Waals surface area contributed by atoms with E-state index in [1.165, 1.54) is 17.7 Å². The number of thiazole rings is 1. The van der Waals surface area contributed by atoms with Crippen LogP contribution in [0, 0.1) is 13.8 Å². The maximum Gasteiger partial charge on any atom is 0.0900 e. The van der Waals surface area contributed by atoms with Gasteiger partial charge in [0.15, 0.2) is 0 Å². The second-order valence-corrected chi connectivity index (χ2v) is 5.68. The highest BCUT2D eigenvalue weighted by Crippen LogP contribution is 2.24. The molecule has 90 valence electrons. The second kappa shape index (κ2) is 5.25. The lowest BCUT2D eigenvalue weighted by Gasteiger charge is -2.16. The van der Waals surface area contributed by atoms with Crippen LogP contribution in [0.5, 0.6) is 0 Å². The summed E-state index contributed by atoms with van der Waals surface area (Å²) >= 11 is 1.79. The predicted molar refractivity (Wildman–Crippen MR) is 67.0 cm³/mol. The van der Waals surface area contributed by atoms with Crippen LogP contribution in [-0.4, -0.2) is 24.2 Å². The Hall–Kier alpha value is -0.450. The van der Waals surface area contributed by atoms with E-state index in [9.17, 15) is 0 Å². The molecule has 16 heavy (non-hydrogen) atoms. The minimum Gasteiger partial charge on any atom is -0.377 e. The first-order valence-corrected chi connectivity index (χ1v) is 6.77. The zero-order chi connectivity index (χ0) is 11.5. The van der Waals surface area contributed by atoms with E-state index in [2.05, 4.69) is 31.1 Å². The smallest absolute Gasteiger partial charge is 0.0900 e. The molecule has 0 aliphatic carbocycles. The van der Waals surface area contributed by atoms with Crippen molar-refractivity contribution < 1.29 is 4.74 Å². The lowest BCUT2D eigenvalue weighted by molar-refractivity contribution is 0.108. The van der Waals surface area contributed by atoms with E-state index in [1.807, 2.05) is 0 Å². The van der Waals surface area contributed by atoms with Crippen molar-refractivity contribution in [1.29, 1.82) is 0 Å². The van der Waals surface area contributed by atoms with E-state index in [4.69, 9.17) is 4.74 Å². The molecule has 2 atom stereocenters. The molecule has 0 bridgehead atoms. The molecular formula is C12H20N2OS. The molecule has 1 aliphatic heterocycles. The van der Waals surface area contributed by atoms with Gasteiger partial charge < -0.3 is 10.1 Å². The van der Waals surface area contributed by atoms with Gasteiger partial charge in [0.25, 0.3) is 0 Å². The molecule has 0 saturated carbocycles. The van der Waals surface area contributed by atoms with Crippen molar-refractivity contribution in [2.24, 2.45) is 0 Å². The molecule has 1 saturated heterocycles. The normalized spacial score (nSPS) is 22.6. The van der Waals surface area contributed by atoms with Gasteiger partial charge in [0.1, 0.15) is 0 Å². The van der Waals surface area contributed by atoms with Crippen molar-refractivity contribution in [1.82, 2.24) is 10.3 Å². The third-order valence-electron chi connectivity index (χ3n) is 3.01. The third kappa shape index (κ3) is 2.81. The number of aromatic nitrogens is 1. The summed E-state index contributed by atoms with van der Waals surface area (Å²) < 4.78 is 5.60. The Balaban J connectivity index is 1.87. The molecule has 0 amide bonds. The molecule has 1 aromatic rings. The van der Waals surface area contributed by atoms with Crippen molar-refractivity contribution in [2.45, 2.75) is 45.8 Å². The molecule has 2 rings (SSSR count). The van der Waals surface area contributed by atoms with Crippen LogP contribution in [0.3, 0.4) is 0 Å². The first kappa shape index (κ1) is 12.0. The van der Waals surface area contributed by atoms with Gasteiger partial charge in [0.2, 0.25) is 0 Å². The summed E-state index contributed by atoms with van der Waals surface area (Å²) in [5, 5.41) is 4.69. The van der Waals surface area contributed by atoms with Gasteiger partial charge in [-0.05, 0) is 33.6 Å². The SMILES string of the molecule is Cc1nc(C)c(C(C)NCC2CCCO2)s1. The summed E-state index contributed by atoms with van der Waals surface area (Å²) in [6.07, 6.45) is 2.82. The summed E-state index contributed by atoms with van der Waals surface area (Å²) in [5.41, 5.74) is 1.16. The topological polar surface area (TPSA) is 34.2 Å². The van der Waals surface area contributed by atoms with Crippen LogP contribution in [0.15, 0.2) is 0 Å². The number of nitrogens with one attached hydrogen (secondary N) is 1. The number of hydrogen-bond donors (Lipinski definition) is 1. The van der Waals surface area contributed by atoms with Crippen molar-refractivity contribution in [3.8, 4) is 0 Å². The highest BCUT2D eigenvalue weighted by atomic mass is 32.1. The van der Waals surface area contributed by atoms with Gasteiger partial charge in [-0.3, -0.25) is 0 Å². The van der Waals surface area contributed by atoms with E-state index in [0.717, 1.165) is 23.9 Å². The lowest BCUT2D eigenvalue weighted by atomic mass is 10.2. The van der Waals surface area contributed by atoms with E-state index in [0.29, 0.717) is 12.1 Å². The van der Waals surface area contributed by atoms with Gasteiger partial charge in [-0.25, -0.2) is 4.98 Å². The standard InChI is InChI=1S/C12H20N2OS/c1-8(12-9(2)14-10(3)16-12)13-7-11-5-4-6-15-11/h8,11,13H,4-7H2,1-3H3. The van der Waals surface area contributed by atoms with Crippen molar-refractivity contribution in [3.63, 3.8) is 0 Å². The minimum absolute atomic E-state index is 0.385. The van der Waals surface area contributed by atoms with Crippen LogP contribution in [0.1, 0.15) is 41.4 Å². The van der Waals surface area contributed by atoms with Gasteiger partial charge in [0.05, 0.1) is 16.8 Å². The van der Waals surface area contributed by atoms with E-state index in [-0.39, 0.29) is 0 Å². The highest BCUT2D eigenvalue weighted by Gasteiger charge is 2.18. The molecule has 1 fully saturated rings. The average Bonchev–Trinajstić information content (AvgIpc) is 2.84. The predicted octanol–water partition coefficient (Wildman–Crippen LogP) is 2.59. The number of nitrogens with zero attached hydrogens (tertiary/aromatic N) is 1. The molecule has 0 radical (unpaired) electrons. The van der Waals surface area contributed by atoms with Crippen LogP contribution >= 0.6 is 11.3 Å². The Morgan fingerprint density at radius 3 is 2.94 bits per heavy atom. The molecule has 0 aromatic carbocycles. The van der Waals surface area contributed by atoms with E-state index >= 15 is 0 Å². The van der Waals surface area contributed by atoms with Crippen molar-refractivity contribution in [3.05, 3.63) is 15.6 Å². The van der Waals surface area contributed by atoms with Crippen molar-refractivity contribution >= 4 is 11.3 Å². The number of hydrogen-bond acceptors (Lipinski definition) is 4. The lowest BCUT2D eigenvalue weighted by Crippen LogP contribution is -2.28. The summed E-state index contributed by atoms with van der Waals surface area (Å²) in [6, 6.07) is 0.385. The molecule has 0 spiro atoms. The highest BCUT2D eigenvalue weighted by molar-refractivity contribution is 7.11. The van der Waals surface area contributed by atoms with E-state index < -0.39 is 0 Å². The Morgan fingerprint density at radius 2 is 2.38 bits per heavy atom. The van der Waals surface area contributed by atoms with Crippen LogP contribution < -0.4 is 5.32 Å². The van der Waals surface area contributed by atoms with Crippen LogP contribution in [0.25, 0.3) is 0 Å². The molecule has 1 aliphatic rings. The van der Waals surface area contributed by atoms with Crippen LogP contribution in [-0.2, 0) is 4.74 Å². The van der Waals surface area contributed by atoms with E-state index in [1.54, 1.807) is 11.3 Å². The summed E-state index contributed by atoms with van der Waals surface area (Å²) in [5.74, 6) is 0. The number of aryl methyl sites for hydroxylation is 2. The average molecular weight is 240 g/mol. The maximum atomic E-state index is 5.60. The molecule has 2 unspecified atom stereocenters. The minimum atomic E-state index is 0.385. The van der Waals surface area contributed by atoms with Crippen molar-refractivity contribution in [2.75, 3.05) is 13.2 Å². The van der Waals surface area contributed by atoms with Gasteiger partial charge in [0, 0.05) is 24.1 Å². The fourth-order valence-corrected chi connectivity index (χ4v) is 3.11. The number of rotatable bonds is 4. The largest absolute Gasteiger partial charge is 0.377 e. The maximum absolute atomic E-state index is 5.60. The van der Waals surface area contributed by atoms with Crippen LogP contribution in [0.4, 0.5) is 0 Å². The Labute approximate surface area is 101 Å². The van der Waals surface area contributed by atoms with Gasteiger partial charge in [-0.2, -0.15) is 0 Å². The quantitative estimate of drug-likeness (QED) is 0.878. The second-order valence-electron chi connectivity index (χ2n) is 4.45. The summed E-state index contributed by atoms with van der Waals surface area (Å²) in [6.45, 7) is 8.24. The third-order valence-corrected chi connectivity index (χ3v) is 4.26. The van der Waals surface area contributed by atoms with Gasteiger partial charge >= 0.3 is 0 Å². The molecule has 1 aromatic heterocycles. The molecular weight excluding hydrogens is 220 g/mol. The van der Waals surface area contributed by atoms with Gasteiger partial charge in [-0.15, -0.1) is 11.3 Å². The fourth-order valence-electron chi connectivity index (χ4n) is 2.16. The monoisotopic (exact) mass is 240 g/mol. The first-order valence-electron chi connectivity index (χ1n) is 5.95. The zero-order valence-electron chi connectivity index (χ0n) is 10.2. The Morgan fingerprint density at radius 1 is 1.56 bits per heavy atom. The summed E-state index contributed by atoms with van der Waals surface area (Å²) in [4.78, 5) is 5.82. The Bertz CT molecular complexity index is 345. The molecule has 1 N–H and O–H groups in total. The molecule has 3 nitrogen and oxygen atoms in total. The zero-order valence-corrected chi connectivity index (χ0v) is 11.1. The fraction of sp³-hybridized carbons (Fsp3) is 0.750. The van der Waals surface area contributed by atoms with Gasteiger partial charge in [-0.1, -0.05) is 0 Å².